The average Bonchev–Trinajstić information content (AvgIpc) is 3.06. The molecule has 1 atom stereocenters. The van der Waals surface area contributed by atoms with Crippen LogP contribution in [-0.2, 0) is 0 Å². The van der Waals surface area contributed by atoms with Crippen LogP contribution in [0.15, 0.2) is 41.3 Å². The predicted octanol–water partition coefficient (Wildman–Crippen LogP) is 4.12. The normalized spacial score (nSPS) is 17.0. The van der Waals surface area contributed by atoms with Gasteiger partial charge in [-0.05, 0) is 47.4 Å². The van der Waals surface area contributed by atoms with Crippen LogP contribution in [0.1, 0.15) is 38.3 Å². The lowest BCUT2D eigenvalue weighted by Gasteiger charge is -2.23. The van der Waals surface area contributed by atoms with Gasteiger partial charge in [-0.15, -0.1) is 0 Å². The lowest BCUT2D eigenvalue weighted by Crippen LogP contribution is -2.29. The molecule has 0 bridgehead atoms. The molecule has 0 amide bonds. The molecule has 1 saturated heterocycles. The zero-order chi connectivity index (χ0) is 17.6. The highest BCUT2D eigenvalue weighted by Gasteiger charge is 2.19. The summed E-state index contributed by atoms with van der Waals surface area (Å²) in [5.74, 6) is 1.33. The quantitative estimate of drug-likeness (QED) is 0.689. The van der Waals surface area contributed by atoms with Crippen molar-refractivity contribution >= 4 is 33.1 Å². The maximum absolute atomic E-state index is 4.82. The number of halogens is 1. The third-order valence-corrected chi connectivity index (χ3v) is 4.66. The molecule has 1 aliphatic rings. The first-order valence-electron chi connectivity index (χ1n) is 8.73. The zero-order valence-electron chi connectivity index (χ0n) is 14.5. The van der Waals surface area contributed by atoms with Crippen LogP contribution in [0, 0.1) is 0 Å². The van der Waals surface area contributed by atoms with E-state index in [-0.39, 0.29) is 0 Å². The molecule has 0 radical (unpaired) electrons. The predicted molar refractivity (Wildman–Crippen MR) is 104 cm³/mol. The fourth-order valence-corrected chi connectivity index (χ4v) is 3.29. The number of aromatic nitrogens is 4. The van der Waals surface area contributed by atoms with Crippen molar-refractivity contribution in [3.8, 4) is 0 Å². The van der Waals surface area contributed by atoms with Gasteiger partial charge in [0.25, 0.3) is 0 Å². The van der Waals surface area contributed by atoms with Gasteiger partial charge in [0.05, 0.1) is 28.2 Å². The number of hydrogen-bond acceptors (Lipinski definition) is 5. The van der Waals surface area contributed by atoms with Crippen LogP contribution in [0.3, 0.4) is 0 Å². The molecule has 25 heavy (non-hydrogen) atoms. The van der Waals surface area contributed by atoms with E-state index in [0.717, 1.165) is 46.8 Å². The van der Waals surface area contributed by atoms with Gasteiger partial charge in [0, 0.05) is 24.7 Å². The van der Waals surface area contributed by atoms with Gasteiger partial charge in [0.1, 0.15) is 5.82 Å². The minimum Gasteiger partial charge on any atom is -0.339 e. The molecule has 3 aromatic rings. The van der Waals surface area contributed by atoms with Gasteiger partial charge in [-0.25, -0.2) is 4.98 Å². The van der Waals surface area contributed by atoms with Crippen LogP contribution in [0.4, 0.5) is 11.5 Å². The molecule has 0 saturated carbocycles. The maximum atomic E-state index is 4.82. The highest BCUT2D eigenvalue weighted by Crippen LogP contribution is 2.28. The van der Waals surface area contributed by atoms with E-state index in [1.807, 2.05) is 30.5 Å². The molecule has 0 spiro atoms. The topological polar surface area (TPSA) is 67.1 Å². The van der Waals surface area contributed by atoms with Crippen molar-refractivity contribution in [3.05, 3.63) is 47.0 Å². The molecule has 1 fully saturated rings. The first-order valence-corrected chi connectivity index (χ1v) is 9.52. The van der Waals surface area contributed by atoms with Gasteiger partial charge in [-0.1, -0.05) is 13.8 Å². The summed E-state index contributed by atoms with van der Waals surface area (Å²) in [6.45, 7) is 6.07. The molecule has 6 nitrogen and oxygen atoms in total. The Morgan fingerprint density at radius 1 is 1.32 bits per heavy atom. The standard InChI is InChI=1S/C16H17BrN6.C2H6/c17-13-10-20-23-15(21-12-4-2-6-19-9-12)7-14(22-16(13)23)11-3-1-5-18-8-11;1-2/h2,4,6-7,9-11,18,21H,1,3,5,8H2;1-2H3. The van der Waals surface area contributed by atoms with E-state index in [1.165, 1.54) is 6.42 Å². The van der Waals surface area contributed by atoms with E-state index < -0.39 is 0 Å². The van der Waals surface area contributed by atoms with Crippen LogP contribution >= 0.6 is 15.9 Å². The molecular formula is C18H23BrN6. The Hall–Kier alpha value is -1.99. The molecule has 4 rings (SSSR count). The molecule has 0 aliphatic carbocycles. The molecule has 3 aromatic heterocycles. The van der Waals surface area contributed by atoms with Crippen molar-refractivity contribution in [2.75, 3.05) is 18.4 Å². The monoisotopic (exact) mass is 402 g/mol. The largest absolute Gasteiger partial charge is 0.339 e. The molecular weight excluding hydrogens is 380 g/mol. The van der Waals surface area contributed by atoms with E-state index in [9.17, 15) is 0 Å². The Morgan fingerprint density at radius 3 is 2.92 bits per heavy atom. The highest BCUT2D eigenvalue weighted by atomic mass is 79.9. The number of anilines is 2. The zero-order valence-corrected chi connectivity index (χ0v) is 16.1. The molecule has 1 unspecified atom stereocenters. The summed E-state index contributed by atoms with van der Waals surface area (Å²) in [5, 5.41) is 11.3. The summed E-state index contributed by atoms with van der Waals surface area (Å²) in [7, 11) is 0. The maximum Gasteiger partial charge on any atom is 0.171 e. The summed E-state index contributed by atoms with van der Waals surface area (Å²) >= 11 is 3.54. The van der Waals surface area contributed by atoms with Crippen LogP contribution in [0.25, 0.3) is 5.65 Å². The van der Waals surface area contributed by atoms with Crippen molar-refractivity contribution in [2.45, 2.75) is 32.6 Å². The molecule has 1 aliphatic heterocycles. The van der Waals surface area contributed by atoms with Crippen molar-refractivity contribution in [2.24, 2.45) is 0 Å². The lowest BCUT2D eigenvalue weighted by molar-refractivity contribution is 0.455. The minimum atomic E-state index is 0.435. The van der Waals surface area contributed by atoms with Crippen molar-refractivity contribution in [3.63, 3.8) is 0 Å². The third-order valence-electron chi connectivity index (χ3n) is 4.10. The van der Waals surface area contributed by atoms with Crippen molar-refractivity contribution in [1.29, 1.82) is 0 Å². The number of piperidine rings is 1. The van der Waals surface area contributed by atoms with Crippen molar-refractivity contribution < 1.29 is 0 Å². The molecule has 7 heteroatoms. The average molecular weight is 403 g/mol. The summed E-state index contributed by atoms with van der Waals surface area (Å²) in [6.07, 6.45) is 7.68. The highest BCUT2D eigenvalue weighted by molar-refractivity contribution is 9.10. The number of fused-ring (bicyclic) bond motifs is 1. The van der Waals surface area contributed by atoms with Crippen LogP contribution in [-0.4, -0.2) is 32.7 Å². The Kier molecular flexibility index (Phi) is 5.99. The number of rotatable bonds is 3. The van der Waals surface area contributed by atoms with Gasteiger partial charge in [0.2, 0.25) is 0 Å². The van der Waals surface area contributed by atoms with Gasteiger partial charge in [-0.2, -0.15) is 9.61 Å². The van der Waals surface area contributed by atoms with Gasteiger partial charge < -0.3 is 10.6 Å². The van der Waals surface area contributed by atoms with E-state index in [1.54, 1.807) is 18.6 Å². The van der Waals surface area contributed by atoms with Crippen LogP contribution < -0.4 is 10.6 Å². The van der Waals surface area contributed by atoms with E-state index in [0.29, 0.717) is 5.92 Å². The summed E-state index contributed by atoms with van der Waals surface area (Å²) < 4.78 is 2.72. The van der Waals surface area contributed by atoms with Gasteiger partial charge >= 0.3 is 0 Å². The summed E-state index contributed by atoms with van der Waals surface area (Å²) in [5.41, 5.74) is 2.86. The van der Waals surface area contributed by atoms with Crippen molar-refractivity contribution in [1.82, 2.24) is 24.9 Å². The van der Waals surface area contributed by atoms with Crippen LogP contribution in [0.2, 0.25) is 0 Å². The van der Waals surface area contributed by atoms with E-state index in [4.69, 9.17) is 4.98 Å². The van der Waals surface area contributed by atoms with E-state index >= 15 is 0 Å². The number of hydrogen-bond donors (Lipinski definition) is 2. The third kappa shape index (κ3) is 3.99. The first kappa shape index (κ1) is 17.8. The Morgan fingerprint density at radius 2 is 2.20 bits per heavy atom. The summed E-state index contributed by atoms with van der Waals surface area (Å²) in [4.78, 5) is 8.97. The smallest absolute Gasteiger partial charge is 0.171 e. The Labute approximate surface area is 156 Å². The number of pyridine rings is 1. The Balaban J connectivity index is 0.000000880. The fraction of sp³-hybridized carbons (Fsp3) is 0.389. The lowest BCUT2D eigenvalue weighted by atomic mass is 9.96. The van der Waals surface area contributed by atoms with Gasteiger partial charge in [0.15, 0.2) is 5.65 Å². The first-order chi connectivity index (χ1) is 12.3. The summed E-state index contributed by atoms with van der Waals surface area (Å²) in [6, 6.07) is 5.99. The molecule has 2 N–H and O–H groups in total. The molecule has 4 heterocycles. The minimum absolute atomic E-state index is 0.435. The SMILES string of the molecule is Brc1cnn2c(Nc3cccnc3)cc(C3CCCNC3)nc12.CC. The van der Waals surface area contributed by atoms with E-state index in [2.05, 4.69) is 42.7 Å². The van der Waals surface area contributed by atoms with Crippen LogP contribution in [0.5, 0.6) is 0 Å². The van der Waals surface area contributed by atoms with Gasteiger partial charge in [-0.3, -0.25) is 4.98 Å². The molecule has 0 aromatic carbocycles. The number of nitrogens with one attached hydrogen (secondary N) is 2. The molecule has 132 valence electrons. The second kappa shape index (κ2) is 8.40. The second-order valence-electron chi connectivity index (χ2n) is 5.70. The Bertz CT molecular complexity index is 811. The second-order valence-corrected chi connectivity index (χ2v) is 6.56. The fourth-order valence-electron chi connectivity index (χ4n) is 2.94. The number of nitrogens with zero attached hydrogens (tertiary/aromatic N) is 4.